The Balaban J connectivity index is 3.50. The van der Waals surface area contributed by atoms with Crippen molar-refractivity contribution in [3.63, 3.8) is 0 Å². The van der Waals surface area contributed by atoms with Gasteiger partial charge >= 0.3 is 5.97 Å². The van der Waals surface area contributed by atoms with Crippen LogP contribution in [0.25, 0.3) is 0 Å². The summed E-state index contributed by atoms with van der Waals surface area (Å²) in [7, 11) is 0. The number of aliphatic hydroxyl groups excluding tert-OH is 2. The molecule has 0 saturated carbocycles. The highest BCUT2D eigenvalue weighted by Crippen LogP contribution is 2.17. The van der Waals surface area contributed by atoms with Crippen molar-refractivity contribution in [2.45, 2.75) is 334 Å². The monoisotopic (exact) mass is 956 g/mol. The normalized spacial score (nSPS) is 12.8. The number of esters is 1. The molecule has 0 bridgehead atoms. The van der Waals surface area contributed by atoms with Gasteiger partial charge < -0.3 is 20.3 Å². The first-order chi connectivity index (χ1) is 33.5. The second kappa shape index (κ2) is 57.7. The van der Waals surface area contributed by atoms with Gasteiger partial charge in [-0.05, 0) is 83.5 Å². The largest absolute Gasteiger partial charge is 0.466 e. The molecule has 0 spiro atoms. The standard InChI is InChI=1S/C62H117NO5/c1-3-5-7-9-11-13-15-17-19-21-22-23-24-25-26-27-30-34-38-42-46-50-54-60(65)59(58-64)63-61(66)55-51-47-43-39-35-31-29-33-37-41-45-49-53-57-68-62(67)56-52-48-44-40-36-32-28-20-18-16-14-12-10-8-6-4-2/h14,16,20,28,31,35,59-60,64-65H,3-13,15,17-19,21-27,29-30,32-34,36-58H2,1-2H3,(H,63,66)/b16-14-,28-20-,35-31-. The number of carbonyl (C=O) groups excluding carboxylic acids is 2. The van der Waals surface area contributed by atoms with E-state index in [0.29, 0.717) is 25.9 Å². The number of nitrogens with one attached hydrogen (secondary N) is 1. The molecular formula is C62H117NO5. The third-order valence-electron chi connectivity index (χ3n) is 13.9. The molecular weight excluding hydrogens is 839 g/mol. The minimum absolute atomic E-state index is 0.0255. The lowest BCUT2D eigenvalue weighted by Gasteiger charge is -2.22. The van der Waals surface area contributed by atoms with E-state index in [4.69, 9.17) is 4.74 Å². The molecule has 0 aliphatic heterocycles. The zero-order chi connectivity index (χ0) is 49.3. The molecule has 6 heteroatoms. The summed E-state index contributed by atoms with van der Waals surface area (Å²) in [5, 5.41) is 23.3. The average molecular weight is 957 g/mol. The van der Waals surface area contributed by atoms with Crippen LogP contribution in [0, 0.1) is 0 Å². The van der Waals surface area contributed by atoms with E-state index in [1.165, 1.54) is 205 Å². The third kappa shape index (κ3) is 53.4. The minimum atomic E-state index is -0.684. The van der Waals surface area contributed by atoms with Gasteiger partial charge in [-0.1, -0.05) is 262 Å². The first-order valence-corrected chi connectivity index (χ1v) is 30.2. The summed E-state index contributed by atoms with van der Waals surface area (Å²) in [6.07, 6.45) is 71.4. The molecule has 1 amide bonds. The second-order valence-corrected chi connectivity index (χ2v) is 20.7. The van der Waals surface area contributed by atoms with Crippen molar-refractivity contribution in [3.8, 4) is 0 Å². The van der Waals surface area contributed by atoms with Crippen molar-refractivity contribution >= 4 is 11.9 Å². The summed E-state index contributed by atoms with van der Waals surface area (Å²) < 4.78 is 5.46. The van der Waals surface area contributed by atoms with Crippen molar-refractivity contribution in [2.24, 2.45) is 0 Å². The Kier molecular flexibility index (Phi) is 56.0. The fourth-order valence-corrected chi connectivity index (χ4v) is 9.25. The molecule has 0 rings (SSSR count). The predicted molar refractivity (Wildman–Crippen MR) is 296 cm³/mol. The van der Waals surface area contributed by atoms with Crippen molar-refractivity contribution in [3.05, 3.63) is 36.5 Å². The minimum Gasteiger partial charge on any atom is -0.466 e. The van der Waals surface area contributed by atoms with Crippen LogP contribution in [0.5, 0.6) is 0 Å². The molecule has 400 valence electrons. The van der Waals surface area contributed by atoms with Gasteiger partial charge in [0, 0.05) is 12.8 Å². The van der Waals surface area contributed by atoms with Gasteiger partial charge in [0.2, 0.25) is 5.91 Å². The smallest absolute Gasteiger partial charge is 0.305 e. The molecule has 2 atom stereocenters. The molecule has 6 nitrogen and oxygen atoms in total. The summed E-state index contributed by atoms with van der Waals surface area (Å²) in [6.45, 7) is 4.90. The summed E-state index contributed by atoms with van der Waals surface area (Å²) in [5.41, 5.74) is 0. The van der Waals surface area contributed by atoms with Crippen LogP contribution < -0.4 is 5.32 Å². The maximum Gasteiger partial charge on any atom is 0.305 e. The third-order valence-corrected chi connectivity index (χ3v) is 13.9. The molecule has 0 radical (unpaired) electrons. The molecule has 0 saturated heterocycles. The SMILES string of the molecule is CCCCCC/C=C\C/C=C\CCCCCCCC(=O)OCCCCCCCC/C=C\CCCCCC(=O)NC(CO)C(O)CCCCCCCCCCCCCCCCCCCCCCCC. The molecule has 0 aliphatic carbocycles. The van der Waals surface area contributed by atoms with Crippen LogP contribution in [0.15, 0.2) is 36.5 Å². The van der Waals surface area contributed by atoms with Crippen molar-refractivity contribution in [1.82, 2.24) is 5.32 Å². The Hall–Kier alpha value is -1.92. The number of hydrogen-bond acceptors (Lipinski definition) is 5. The summed E-state index contributed by atoms with van der Waals surface area (Å²) in [6, 6.07) is -0.564. The molecule has 2 unspecified atom stereocenters. The van der Waals surface area contributed by atoms with Crippen molar-refractivity contribution in [1.29, 1.82) is 0 Å². The lowest BCUT2D eigenvalue weighted by atomic mass is 10.0. The Bertz CT molecular complexity index is 1100. The highest BCUT2D eigenvalue weighted by Gasteiger charge is 2.20. The fourth-order valence-electron chi connectivity index (χ4n) is 9.25. The topological polar surface area (TPSA) is 95.9 Å². The van der Waals surface area contributed by atoms with Crippen molar-refractivity contribution < 1.29 is 24.5 Å². The number of ether oxygens (including phenoxy) is 1. The van der Waals surface area contributed by atoms with Crippen LogP contribution in [0.1, 0.15) is 322 Å². The average Bonchev–Trinajstić information content (AvgIpc) is 3.34. The van der Waals surface area contributed by atoms with Crippen LogP contribution in [-0.4, -0.2) is 47.4 Å². The maximum absolute atomic E-state index is 12.5. The van der Waals surface area contributed by atoms with E-state index in [-0.39, 0.29) is 18.5 Å². The van der Waals surface area contributed by atoms with E-state index in [1.807, 2.05) is 0 Å². The van der Waals surface area contributed by atoms with Gasteiger partial charge in [0.1, 0.15) is 0 Å². The number of allylic oxidation sites excluding steroid dienone is 6. The van der Waals surface area contributed by atoms with Gasteiger partial charge in [-0.15, -0.1) is 0 Å². The number of amides is 1. The maximum atomic E-state index is 12.5. The summed E-state index contributed by atoms with van der Waals surface area (Å²) in [5.74, 6) is -0.0888. The number of rotatable bonds is 56. The Morgan fingerprint density at radius 2 is 0.735 bits per heavy atom. The molecule has 0 aliphatic rings. The number of unbranched alkanes of at least 4 members (excludes halogenated alkanes) is 39. The van der Waals surface area contributed by atoms with E-state index in [2.05, 4.69) is 55.6 Å². The van der Waals surface area contributed by atoms with Gasteiger partial charge in [0.25, 0.3) is 0 Å². The van der Waals surface area contributed by atoms with Gasteiger partial charge in [-0.25, -0.2) is 0 Å². The molecule has 0 fully saturated rings. The quantitative estimate of drug-likeness (QED) is 0.0321. The van der Waals surface area contributed by atoms with E-state index in [1.54, 1.807) is 0 Å². The van der Waals surface area contributed by atoms with E-state index in [0.717, 1.165) is 83.5 Å². The number of hydrogen-bond donors (Lipinski definition) is 3. The molecule has 0 aromatic carbocycles. The Morgan fingerprint density at radius 3 is 1.16 bits per heavy atom. The first kappa shape index (κ1) is 66.1. The van der Waals surface area contributed by atoms with Gasteiger partial charge in [-0.3, -0.25) is 9.59 Å². The van der Waals surface area contributed by atoms with Crippen LogP contribution in [-0.2, 0) is 14.3 Å². The summed E-state index contributed by atoms with van der Waals surface area (Å²) >= 11 is 0. The molecule has 68 heavy (non-hydrogen) atoms. The van der Waals surface area contributed by atoms with E-state index < -0.39 is 12.1 Å². The summed E-state index contributed by atoms with van der Waals surface area (Å²) in [4.78, 5) is 24.6. The molecule has 0 heterocycles. The van der Waals surface area contributed by atoms with Crippen LogP contribution in [0.3, 0.4) is 0 Å². The van der Waals surface area contributed by atoms with Crippen LogP contribution >= 0.6 is 0 Å². The van der Waals surface area contributed by atoms with Gasteiger partial charge in [0.15, 0.2) is 0 Å². The second-order valence-electron chi connectivity index (χ2n) is 20.7. The van der Waals surface area contributed by atoms with Crippen LogP contribution in [0.4, 0.5) is 0 Å². The van der Waals surface area contributed by atoms with Crippen molar-refractivity contribution in [2.75, 3.05) is 13.2 Å². The lowest BCUT2D eigenvalue weighted by molar-refractivity contribution is -0.143. The molecule has 3 N–H and O–H groups in total. The Labute approximate surface area is 424 Å². The highest BCUT2D eigenvalue weighted by molar-refractivity contribution is 5.76. The number of carbonyl (C=O) groups is 2. The zero-order valence-corrected chi connectivity index (χ0v) is 45.6. The fraction of sp³-hybridized carbons (Fsp3) is 0.871. The lowest BCUT2D eigenvalue weighted by Crippen LogP contribution is -2.45. The predicted octanol–water partition coefficient (Wildman–Crippen LogP) is 18.8. The van der Waals surface area contributed by atoms with Crippen LogP contribution in [0.2, 0.25) is 0 Å². The Morgan fingerprint density at radius 1 is 0.412 bits per heavy atom. The number of aliphatic hydroxyl groups is 2. The van der Waals surface area contributed by atoms with E-state index in [9.17, 15) is 19.8 Å². The molecule has 0 aromatic rings. The molecule has 0 aromatic heterocycles. The zero-order valence-electron chi connectivity index (χ0n) is 45.6. The highest BCUT2D eigenvalue weighted by atomic mass is 16.5. The first-order valence-electron chi connectivity index (χ1n) is 30.2. The van der Waals surface area contributed by atoms with Gasteiger partial charge in [0.05, 0.1) is 25.4 Å². The van der Waals surface area contributed by atoms with E-state index >= 15 is 0 Å². The van der Waals surface area contributed by atoms with Gasteiger partial charge in [-0.2, -0.15) is 0 Å².